The van der Waals surface area contributed by atoms with Gasteiger partial charge >= 0.3 is 0 Å². The molecule has 1 rings (SSSR count). The van der Waals surface area contributed by atoms with E-state index in [1.165, 1.54) is 25.7 Å². The molecule has 2 heteroatoms. The smallest absolute Gasteiger partial charge is 0.0615 e. The summed E-state index contributed by atoms with van der Waals surface area (Å²) in [7, 11) is 0. The van der Waals surface area contributed by atoms with Gasteiger partial charge in [0.1, 0.15) is 0 Å². The number of nitrogens with zero attached hydrogens (tertiary/aromatic N) is 1. The van der Waals surface area contributed by atoms with Gasteiger partial charge in [-0.05, 0) is 38.8 Å². The van der Waals surface area contributed by atoms with Crippen LogP contribution < -0.4 is 0 Å². The fraction of sp³-hybridized carbons (Fsp3) is 1.00. The van der Waals surface area contributed by atoms with E-state index < -0.39 is 0 Å². The van der Waals surface area contributed by atoms with E-state index in [0.717, 1.165) is 13.1 Å². The van der Waals surface area contributed by atoms with Crippen LogP contribution in [0.2, 0.25) is 0 Å². The SMILES string of the molecule is CCCN(CCC)C1(CO)CC1. The van der Waals surface area contributed by atoms with E-state index in [2.05, 4.69) is 18.7 Å². The number of hydrogen-bond acceptors (Lipinski definition) is 2. The van der Waals surface area contributed by atoms with Gasteiger partial charge in [0.2, 0.25) is 0 Å². The fourth-order valence-corrected chi connectivity index (χ4v) is 1.84. The van der Waals surface area contributed by atoms with Crippen LogP contribution in [0.25, 0.3) is 0 Å². The molecule has 0 amide bonds. The van der Waals surface area contributed by atoms with Crippen molar-refractivity contribution in [3.05, 3.63) is 0 Å². The van der Waals surface area contributed by atoms with Crippen LogP contribution in [0, 0.1) is 0 Å². The average Bonchev–Trinajstić information content (AvgIpc) is 2.85. The Morgan fingerprint density at radius 2 is 1.67 bits per heavy atom. The molecule has 0 atom stereocenters. The molecule has 0 unspecified atom stereocenters. The van der Waals surface area contributed by atoms with Crippen molar-refractivity contribution >= 4 is 0 Å². The minimum absolute atomic E-state index is 0.200. The minimum Gasteiger partial charge on any atom is -0.394 e. The molecule has 1 fully saturated rings. The van der Waals surface area contributed by atoms with Gasteiger partial charge in [0.25, 0.3) is 0 Å². The van der Waals surface area contributed by atoms with Crippen molar-refractivity contribution in [3.8, 4) is 0 Å². The first-order chi connectivity index (χ1) is 5.79. The van der Waals surface area contributed by atoms with Crippen LogP contribution in [-0.2, 0) is 0 Å². The summed E-state index contributed by atoms with van der Waals surface area (Å²) in [6.45, 7) is 7.06. The molecule has 2 nitrogen and oxygen atoms in total. The maximum Gasteiger partial charge on any atom is 0.0615 e. The Bertz CT molecular complexity index is 126. The van der Waals surface area contributed by atoms with Crippen LogP contribution in [0.4, 0.5) is 0 Å². The van der Waals surface area contributed by atoms with E-state index in [4.69, 9.17) is 0 Å². The second-order valence-electron chi connectivity index (χ2n) is 3.87. The van der Waals surface area contributed by atoms with Crippen LogP contribution in [0.5, 0.6) is 0 Å². The first kappa shape index (κ1) is 10.0. The van der Waals surface area contributed by atoms with E-state index in [1.54, 1.807) is 0 Å². The molecule has 1 aliphatic rings. The summed E-state index contributed by atoms with van der Waals surface area (Å²) in [5.41, 5.74) is 0.200. The van der Waals surface area contributed by atoms with Gasteiger partial charge in [0, 0.05) is 5.54 Å². The Labute approximate surface area is 75.6 Å². The quantitative estimate of drug-likeness (QED) is 0.656. The summed E-state index contributed by atoms with van der Waals surface area (Å²) >= 11 is 0. The van der Waals surface area contributed by atoms with Gasteiger partial charge in [-0.15, -0.1) is 0 Å². The van der Waals surface area contributed by atoms with Crippen molar-refractivity contribution < 1.29 is 5.11 Å². The summed E-state index contributed by atoms with van der Waals surface area (Å²) < 4.78 is 0. The third-order valence-electron chi connectivity index (χ3n) is 2.78. The minimum atomic E-state index is 0.200. The summed E-state index contributed by atoms with van der Waals surface area (Å²) in [5, 5.41) is 9.24. The van der Waals surface area contributed by atoms with E-state index >= 15 is 0 Å². The van der Waals surface area contributed by atoms with E-state index in [0.29, 0.717) is 6.61 Å². The zero-order valence-corrected chi connectivity index (χ0v) is 8.34. The lowest BCUT2D eigenvalue weighted by atomic mass is 10.2. The number of aliphatic hydroxyl groups excluding tert-OH is 1. The first-order valence-electron chi connectivity index (χ1n) is 5.15. The largest absolute Gasteiger partial charge is 0.394 e. The molecule has 72 valence electrons. The maximum atomic E-state index is 9.24. The predicted molar refractivity (Wildman–Crippen MR) is 51.2 cm³/mol. The zero-order valence-electron chi connectivity index (χ0n) is 8.34. The molecule has 0 aliphatic heterocycles. The lowest BCUT2D eigenvalue weighted by molar-refractivity contribution is 0.105. The maximum absolute atomic E-state index is 9.24. The predicted octanol–water partition coefficient (Wildman–Crippen LogP) is 1.63. The molecular weight excluding hydrogens is 150 g/mol. The molecule has 1 saturated carbocycles. The normalized spacial score (nSPS) is 20.0. The van der Waals surface area contributed by atoms with Crippen molar-refractivity contribution in [2.24, 2.45) is 0 Å². The highest BCUT2D eigenvalue weighted by atomic mass is 16.3. The molecule has 0 bridgehead atoms. The van der Waals surface area contributed by atoms with Crippen molar-refractivity contribution in [3.63, 3.8) is 0 Å². The second kappa shape index (κ2) is 4.24. The van der Waals surface area contributed by atoms with Crippen molar-refractivity contribution in [1.82, 2.24) is 4.90 Å². The molecular formula is C10H21NO. The highest BCUT2D eigenvalue weighted by Gasteiger charge is 2.46. The number of aliphatic hydroxyl groups is 1. The van der Waals surface area contributed by atoms with E-state index in [1.807, 2.05) is 0 Å². The molecule has 0 radical (unpaired) electrons. The fourth-order valence-electron chi connectivity index (χ4n) is 1.84. The summed E-state index contributed by atoms with van der Waals surface area (Å²) in [6.07, 6.45) is 4.79. The topological polar surface area (TPSA) is 23.5 Å². The number of hydrogen-bond donors (Lipinski definition) is 1. The third kappa shape index (κ3) is 1.99. The molecule has 0 heterocycles. The number of rotatable bonds is 6. The van der Waals surface area contributed by atoms with Crippen molar-refractivity contribution in [1.29, 1.82) is 0 Å². The van der Waals surface area contributed by atoms with Gasteiger partial charge in [-0.25, -0.2) is 0 Å². The van der Waals surface area contributed by atoms with E-state index in [9.17, 15) is 5.11 Å². The standard InChI is InChI=1S/C10H21NO/c1-3-7-11(8-4-2)10(9-12)5-6-10/h12H,3-9H2,1-2H3. The van der Waals surface area contributed by atoms with Crippen LogP contribution in [-0.4, -0.2) is 35.2 Å². The van der Waals surface area contributed by atoms with Crippen LogP contribution in [0.1, 0.15) is 39.5 Å². The Morgan fingerprint density at radius 3 is 1.92 bits per heavy atom. The van der Waals surface area contributed by atoms with Gasteiger partial charge in [-0.3, -0.25) is 4.90 Å². The van der Waals surface area contributed by atoms with Crippen molar-refractivity contribution in [2.45, 2.75) is 45.1 Å². The molecule has 0 aromatic rings. The average molecular weight is 171 g/mol. The molecule has 0 aromatic heterocycles. The van der Waals surface area contributed by atoms with Gasteiger partial charge in [-0.2, -0.15) is 0 Å². The Balaban J connectivity index is 2.41. The molecule has 0 saturated heterocycles. The van der Waals surface area contributed by atoms with Crippen molar-refractivity contribution in [2.75, 3.05) is 19.7 Å². The molecule has 0 spiro atoms. The van der Waals surface area contributed by atoms with Crippen LogP contribution in [0.15, 0.2) is 0 Å². The Morgan fingerprint density at radius 1 is 1.17 bits per heavy atom. The van der Waals surface area contributed by atoms with Crippen LogP contribution in [0.3, 0.4) is 0 Å². The van der Waals surface area contributed by atoms with Gasteiger partial charge in [-0.1, -0.05) is 13.8 Å². The van der Waals surface area contributed by atoms with Gasteiger partial charge in [0.05, 0.1) is 6.61 Å². The van der Waals surface area contributed by atoms with Gasteiger partial charge < -0.3 is 5.11 Å². The van der Waals surface area contributed by atoms with Gasteiger partial charge in [0.15, 0.2) is 0 Å². The highest BCUT2D eigenvalue weighted by molar-refractivity contribution is 5.03. The lowest BCUT2D eigenvalue weighted by Crippen LogP contribution is -2.41. The van der Waals surface area contributed by atoms with E-state index in [-0.39, 0.29) is 5.54 Å². The summed E-state index contributed by atoms with van der Waals surface area (Å²) in [4.78, 5) is 2.47. The third-order valence-corrected chi connectivity index (χ3v) is 2.78. The highest BCUT2D eigenvalue weighted by Crippen LogP contribution is 2.41. The second-order valence-corrected chi connectivity index (χ2v) is 3.87. The lowest BCUT2D eigenvalue weighted by Gasteiger charge is -2.29. The summed E-state index contributed by atoms with van der Waals surface area (Å²) in [6, 6.07) is 0. The first-order valence-corrected chi connectivity index (χ1v) is 5.15. The monoisotopic (exact) mass is 171 g/mol. The molecule has 12 heavy (non-hydrogen) atoms. The Kier molecular flexibility index (Phi) is 3.53. The summed E-state index contributed by atoms with van der Waals surface area (Å²) in [5.74, 6) is 0. The Hall–Kier alpha value is -0.0800. The van der Waals surface area contributed by atoms with Crippen LogP contribution >= 0.6 is 0 Å². The molecule has 1 N–H and O–H groups in total. The molecule has 1 aliphatic carbocycles. The zero-order chi connectivity index (χ0) is 9.03. The molecule has 0 aromatic carbocycles.